The maximum atomic E-state index is 12.0. The number of hydrogen-bond acceptors (Lipinski definition) is 4. The minimum Gasteiger partial charge on any atom is -0.493 e. The zero-order valence-electron chi connectivity index (χ0n) is 15.4. The van der Waals surface area contributed by atoms with Crippen LogP contribution in [0.3, 0.4) is 0 Å². The highest BCUT2D eigenvalue weighted by Gasteiger charge is 2.21. The number of carbonyl (C=O) groups is 1. The van der Waals surface area contributed by atoms with E-state index in [4.69, 9.17) is 4.74 Å². The number of hydrogen-bond donors (Lipinski definition) is 0. The van der Waals surface area contributed by atoms with Crippen molar-refractivity contribution in [2.45, 2.75) is 64.0 Å². The third kappa shape index (κ3) is 7.59. The van der Waals surface area contributed by atoms with Crippen molar-refractivity contribution in [1.29, 1.82) is 0 Å². The predicted molar refractivity (Wildman–Crippen MR) is 101 cm³/mol. The molecule has 0 spiro atoms. The van der Waals surface area contributed by atoms with E-state index in [1.165, 1.54) is 12.8 Å². The minimum absolute atomic E-state index is 0.207. The number of carbonyl (C=O) groups excluding carboxylic acids is 1. The fraction of sp³-hybridized carbons (Fsp3) is 0.650. The first-order valence-corrected chi connectivity index (χ1v) is 11.0. The second-order valence-corrected chi connectivity index (χ2v) is 10.0. The summed E-state index contributed by atoms with van der Waals surface area (Å²) in [4.78, 5) is 12.0. The molecule has 0 heterocycles. The first-order valence-electron chi connectivity index (χ1n) is 9.32. The van der Waals surface area contributed by atoms with Crippen molar-refractivity contribution in [1.82, 2.24) is 0 Å². The van der Waals surface area contributed by atoms with E-state index in [2.05, 4.69) is 0 Å². The van der Waals surface area contributed by atoms with E-state index < -0.39 is 9.84 Å². The zero-order chi connectivity index (χ0) is 18.3. The molecule has 1 aromatic carbocycles. The van der Waals surface area contributed by atoms with Crippen molar-refractivity contribution in [3.63, 3.8) is 0 Å². The molecular formula is C20H30O4S. The first-order chi connectivity index (χ1) is 11.9. The van der Waals surface area contributed by atoms with Crippen LogP contribution < -0.4 is 4.74 Å². The molecule has 1 aliphatic carbocycles. The Balaban J connectivity index is 1.61. The number of unbranched alkanes of at least 4 members (excludes halogenated alkanes) is 2. The summed E-state index contributed by atoms with van der Waals surface area (Å²) < 4.78 is 29.1. The fourth-order valence-corrected chi connectivity index (χ4v) is 3.63. The summed E-state index contributed by atoms with van der Waals surface area (Å²) >= 11 is 0. The largest absolute Gasteiger partial charge is 0.493 e. The molecule has 0 aliphatic heterocycles. The van der Waals surface area contributed by atoms with Gasteiger partial charge in [0, 0.05) is 12.8 Å². The topological polar surface area (TPSA) is 60.4 Å². The van der Waals surface area contributed by atoms with Crippen LogP contribution in [0.1, 0.15) is 57.9 Å². The third-order valence-electron chi connectivity index (χ3n) is 4.61. The normalized spacial score (nSPS) is 14.7. The Labute approximate surface area is 151 Å². The molecule has 1 saturated carbocycles. The molecule has 1 aliphatic rings. The van der Waals surface area contributed by atoms with Gasteiger partial charge in [0.05, 0.1) is 17.6 Å². The number of ketones is 1. The molecule has 0 N–H and O–H groups in total. The Bertz CT molecular complexity index is 643. The third-order valence-corrected chi connectivity index (χ3v) is 6.90. The van der Waals surface area contributed by atoms with Crippen LogP contribution in [0.2, 0.25) is 0 Å². The van der Waals surface area contributed by atoms with Gasteiger partial charge in [0.25, 0.3) is 0 Å². The molecule has 4 nitrogen and oxygen atoms in total. The molecule has 2 rings (SSSR count). The lowest BCUT2D eigenvalue weighted by Gasteiger charge is -2.07. The van der Waals surface area contributed by atoms with Crippen molar-refractivity contribution in [3.05, 3.63) is 29.8 Å². The lowest BCUT2D eigenvalue weighted by molar-refractivity contribution is -0.118. The van der Waals surface area contributed by atoms with E-state index >= 15 is 0 Å². The first kappa shape index (κ1) is 20.0. The number of sulfone groups is 1. The Morgan fingerprint density at radius 3 is 2.40 bits per heavy atom. The van der Waals surface area contributed by atoms with Gasteiger partial charge in [-0.1, -0.05) is 18.6 Å². The van der Waals surface area contributed by atoms with Crippen molar-refractivity contribution < 1.29 is 17.9 Å². The number of benzene rings is 1. The second kappa shape index (κ2) is 9.37. The van der Waals surface area contributed by atoms with Crippen LogP contribution >= 0.6 is 0 Å². The van der Waals surface area contributed by atoms with Gasteiger partial charge in [-0.25, -0.2) is 8.42 Å². The molecule has 140 valence electrons. The van der Waals surface area contributed by atoms with Crippen LogP contribution in [0.4, 0.5) is 0 Å². The number of rotatable bonds is 12. The Hall–Kier alpha value is -1.36. The van der Waals surface area contributed by atoms with Gasteiger partial charge in [0.15, 0.2) is 9.84 Å². The van der Waals surface area contributed by atoms with Gasteiger partial charge in [-0.05, 0) is 63.1 Å². The molecule has 25 heavy (non-hydrogen) atoms. The summed E-state index contributed by atoms with van der Waals surface area (Å²) in [5, 5.41) is -0.314. The molecule has 0 aromatic heterocycles. The lowest BCUT2D eigenvalue weighted by Crippen LogP contribution is -2.17. The van der Waals surface area contributed by atoms with E-state index in [1.807, 2.05) is 24.3 Å². The summed E-state index contributed by atoms with van der Waals surface area (Å²) in [6, 6.07) is 7.77. The smallest absolute Gasteiger partial charge is 0.152 e. The minimum atomic E-state index is -2.95. The van der Waals surface area contributed by atoms with Gasteiger partial charge in [-0.15, -0.1) is 0 Å². The molecule has 0 unspecified atom stereocenters. The van der Waals surface area contributed by atoms with Crippen LogP contribution in [-0.2, 0) is 21.1 Å². The average Bonchev–Trinajstić information content (AvgIpc) is 3.38. The molecule has 0 saturated heterocycles. The van der Waals surface area contributed by atoms with E-state index in [0.29, 0.717) is 19.3 Å². The van der Waals surface area contributed by atoms with Gasteiger partial charge >= 0.3 is 0 Å². The molecule has 5 heteroatoms. The second-order valence-electron chi connectivity index (χ2n) is 7.34. The molecule has 0 bridgehead atoms. The van der Waals surface area contributed by atoms with Gasteiger partial charge < -0.3 is 4.74 Å². The predicted octanol–water partition coefficient (Wildman–Crippen LogP) is 3.97. The maximum Gasteiger partial charge on any atom is 0.152 e. The van der Waals surface area contributed by atoms with Crippen LogP contribution in [0, 0.1) is 5.92 Å². The summed E-state index contributed by atoms with van der Waals surface area (Å²) in [5.74, 6) is 2.03. The Morgan fingerprint density at radius 2 is 1.80 bits per heavy atom. The van der Waals surface area contributed by atoms with Crippen molar-refractivity contribution in [3.8, 4) is 5.75 Å². The summed E-state index contributed by atoms with van der Waals surface area (Å²) in [6.45, 7) is 4.22. The Morgan fingerprint density at radius 1 is 1.12 bits per heavy atom. The summed E-state index contributed by atoms with van der Waals surface area (Å²) in [6.07, 6.45) is 5.68. The Kier molecular flexibility index (Phi) is 7.48. The molecule has 0 amide bonds. The van der Waals surface area contributed by atoms with Crippen LogP contribution in [0.5, 0.6) is 5.75 Å². The van der Waals surface area contributed by atoms with Gasteiger partial charge in [0.2, 0.25) is 0 Å². The van der Waals surface area contributed by atoms with Crippen LogP contribution in [-0.4, -0.2) is 31.8 Å². The monoisotopic (exact) mass is 366 g/mol. The van der Waals surface area contributed by atoms with Crippen molar-refractivity contribution in [2.75, 3.05) is 12.4 Å². The summed E-state index contributed by atoms with van der Waals surface area (Å²) in [7, 11) is -2.95. The van der Waals surface area contributed by atoms with Gasteiger partial charge in [0.1, 0.15) is 11.5 Å². The van der Waals surface area contributed by atoms with Gasteiger partial charge in [-0.2, -0.15) is 0 Å². The average molecular weight is 367 g/mol. The number of ether oxygens (including phenoxy) is 1. The fourth-order valence-electron chi connectivity index (χ4n) is 2.56. The highest BCUT2D eigenvalue weighted by molar-refractivity contribution is 7.91. The van der Waals surface area contributed by atoms with Crippen LogP contribution in [0.15, 0.2) is 24.3 Å². The molecule has 1 aromatic rings. The van der Waals surface area contributed by atoms with E-state index in [9.17, 15) is 13.2 Å². The maximum absolute atomic E-state index is 12.0. The zero-order valence-corrected chi connectivity index (χ0v) is 16.2. The standard InChI is InChI=1S/C20H30O4S/c1-16(2)25(22,23)13-5-3-4-6-19(21)14-17-9-11-20(12-10-17)24-15-18-7-8-18/h9-12,16,18H,3-8,13-15H2,1-2H3. The number of Topliss-reactive ketones (excluding diaryl/α,β-unsaturated/α-hetero) is 1. The van der Waals surface area contributed by atoms with Crippen molar-refractivity contribution >= 4 is 15.6 Å². The quantitative estimate of drug-likeness (QED) is 0.525. The van der Waals surface area contributed by atoms with Crippen LogP contribution in [0.25, 0.3) is 0 Å². The van der Waals surface area contributed by atoms with Gasteiger partial charge in [-0.3, -0.25) is 4.79 Å². The molecule has 0 radical (unpaired) electrons. The highest BCUT2D eigenvalue weighted by Crippen LogP contribution is 2.29. The highest BCUT2D eigenvalue weighted by atomic mass is 32.2. The molecular weight excluding hydrogens is 336 g/mol. The van der Waals surface area contributed by atoms with E-state index in [-0.39, 0.29) is 16.8 Å². The summed E-state index contributed by atoms with van der Waals surface area (Å²) in [5.41, 5.74) is 1.01. The van der Waals surface area contributed by atoms with E-state index in [1.54, 1.807) is 13.8 Å². The SMILES string of the molecule is CC(C)S(=O)(=O)CCCCCC(=O)Cc1ccc(OCC2CC2)cc1. The lowest BCUT2D eigenvalue weighted by atomic mass is 10.0. The molecule has 0 atom stereocenters. The molecule has 1 fully saturated rings. The van der Waals surface area contributed by atoms with E-state index in [0.717, 1.165) is 36.7 Å². The van der Waals surface area contributed by atoms with Crippen molar-refractivity contribution in [2.24, 2.45) is 5.92 Å².